The molecule has 0 atom stereocenters. The number of benzene rings is 1. The summed E-state index contributed by atoms with van der Waals surface area (Å²) in [4.78, 5) is 9.05. The van der Waals surface area contributed by atoms with Gasteiger partial charge in [0.2, 0.25) is 0 Å². The van der Waals surface area contributed by atoms with Gasteiger partial charge in [0.1, 0.15) is 5.52 Å². The Hall–Kier alpha value is -2.02. The molecule has 4 nitrogen and oxygen atoms in total. The van der Waals surface area contributed by atoms with Crippen molar-refractivity contribution in [2.24, 2.45) is 0 Å². The Kier molecular flexibility index (Phi) is 3.98. The molecule has 2 aliphatic rings. The molecule has 1 saturated carbocycles. The van der Waals surface area contributed by atoms with Gasteiger partial charge in [-0.05, 0) is 31.9 Å². The lowest BCUT2D eigenvalue weighted by Gasteiger charge is -2.36. The van der Waals surface area contributed by atoms with E-state index in [4.69, 9.17) is 0 Å². The fourth-order valence-corrected chi connectivity index (χ4v) is 3.56. The average Bonchev–Trinajstić information content (AvgIpc) is 3.39. The Morgan fingerprint density at radius 2 is 1.84 bits per heavy atom. The number of pyridine rings is 1. The lowest BCUT2D eigenvalue weighted by atomic mass is 10.1. The second-order valence-electron chi connectivity index (χ2n) is 6.74. The number of anilines is 1. The summed E-state index contributed by atoms with van der Waals surface area (Å²) >= 11 is 0. The number of aryl methyl sites for hydroxylation is 1. The SMILES string of the molecule is Cc1cc(N2CCN(C3CC3)CC2)c2cccc(OC(F)(F)F)c2n1. The van der Waals surface area contributed by atoms with Crippen molar-refractivity contribution < 1.29 is 17.9 Å². The molecule has 1 aliphatic heterocycles. The Morgan fingerprint density at radius 1 is 1.12 bits per heavy atom. The topological polar surface area (TPSA) is 28.6 Å². The standard InChI is InChI=1S/C18H20F3N3O/c1-12-11-15(24-9-7-23(8-10-24)13-5-6-13)14-3-2-4-16(17(14)22-12)25-18(19,20)21/h2-4,11,13H,5-10H2,1H3. The molecular formula is C18H20F3N3O. The number of rotatable bonds is 3. The van der Waals surface area contributed by atoms with Gasteiger partial charge in [0.15, 0.2) is 5.75 Å². The second-order valence-corrected chi connectivity index (χ2v) is 6.74. The van der Waals surface area contributed by atoms with Crippen LogP contribution in [0.15, 0.2) is 24.3 Å². The highest BCUT2D eigenvalue weighted by Crippen LogP contribution is 2.36. The van der Waals surface area contributed by atoms with Crippen molar-refractivity contribution in [3.05, 3.63) is 30.0 Å². The first kappa shape index (κ1) is 16.4. The van der Waals surface area contributed by atoms with Gasteiger partial charge in [0.05, 0.1) is 0 Å². The number of hydrogen-bond acceptors (Lipinski definition) is 4. The fraction of sp³-hybridized carbons (Fsp3) is 0.500. The molecule has 0 amide bonds. The first-order valence-corrected chi connectivity index (χ1v) is 8.56. The molecule has 1 aromatic carbocycles. The molecule has 4 rings (SSSR count). The van der Waals surface area contributed by atoms with Gasteiger partial charge in [-0.25, -0.2) is 4.98 Å². The van der Waals surface area contributed by atoms with Gasteiger partial charge < -0.3 is 9.64 Å². The molecule has 7 heteroatoms. The number of alkyl halides is 3. The van der Waals surface area contributed by atoms with Crippen LogP contribution in [0.5, 0.6) is 5.75 Å². The number of aromatic nitrogens is 1. The maximum atomic E-state index is 12.7. The van der Waals surface area contributed by atoms with Crippen molar-refractivity contribution in [2.45, 2.75) is 32.2 Å². The molecular weight excluding hydrogens is 331 g/mol. The monoisotopic (exact) mass is 351 g/mol. The smallest absolute Gasteiger partial charge is 0.403 e. The number of piperazine rings is 1. The highest BCUT2D eigenvalue weighted by Gasteiger charge is 2.33. The molecule has 1 saturated heterocycles. The van der Waals surface area contributed by atoms with Crippen LogP contribution >= 0.6 is 0 Å². The highest BCUT2D eigenvalue weighted by molar-refractivity contribution is 5.95. The second kappa shape index (κ2) is 6.05. The molecule has 1 aliphatic carbocycles. The third-order valence-corrected chi connectivity index (χ3v) is 4.85. The van der Waals surface area contributed by atoms with Crippen molar-refractivity contribution in [1.82, 2.24) is 9.88 Å². The van der Waals surface area contributed by atoms with Crippen LogP contribution in [0.25, 0.3) is 10.9 Å². The quantitative estimate of drug-likeness (QED) is 0.843. The molecule has 1 aromatic heterocycles. The van der Waals surface area contributed by atoms with Crippen molar-refractivity contribution in [3.63, 3.8) is 0 Å². The molecule has 0 radical (unpaired) electrons. The number of para-hydroxylation sites is 1. The van der Waals surface area contributed by atoms with Crippen LogP contribution in [0.1, 0.15) is 18.5 Å². The van der Waals surface area contributed by atoms with E-state index in [1.54, 1.807) is 13.0 Å². The van der Waals surface area contributed by atoms with Crippen molar-refractivity contribution >= 4 is 16.6 Å². The van der Waals surface area contributed by atoms with Gasteiger partial charge in [-0.3, -0.25) is 4.90 Å². The molecule has 0 unspecified atom stereocenters. The van der Waals surface area contributed by atoms with E-state index in [1.165, 1.54) is 18.9 Å². The zero-order valence-electron chi connectivity index (χ0n) is 14.0. The number of ether oxygens (including phenoxy) is 1. The van der Waals surface area contributed by atoms with E-state index in [0.29, 0.717) is 11.1 Å². The lowest BCUT2D eigenvalue weighted by Crippen LogP contribution is -2.47. The van der Waals surface area contributed by atoms with Crippen molar-refractivity contribution in [3.8, 4) is 5.75 Å². The Morgan fingerprint density at radius 3 is 2.48 bits per heavy atom. The van der Waals surface area contributed by atoms with Gasteiger partial charge in [0, 0.05) is 49.0 Å². The van der Waals surface area contributed by atoms with Gasteiger partial charge in [-0.15, -0.1) is 13.2 Å². The zero-order chi connectivity index (χ0) is 17.6. The van der Waals surface area contributed by atoms with Crippen LogP contribution in [-0.2, 0) is 0 Å². The van der Waals surface area contributed by atoms with Crippen molar-refractivity contribution in [1.29, 1.82) is 0 Å². The van der Waals surface area contributed by atoms with E-state index in [2.05, 4.69) is 19.5 Å². The van der Waals surface area contributed by atoms with Gasteiger partial charge in [-0.2, -0.15) is 0 Å². The third kappa shape index (κ3) is 3.51. The summed E-state index contributed by atoms with van der Waals surface area (Å²) in [6.07, 6.45) is -2.15. The minimum atomic E-state index is -4.73. The zero-order valence-corrected chi connectivity index (χ0v) is 14.0. The van der Waals surface area contributed by atoms with Crippen LogP contribution in [0, 0.1) is 6.92 Å². The predicted molar refractivity (Wildman–Crippen MR) is 90.0 cm³/mol. The molecule has 0 bridgehead atoms. The predicted octanol–water partition coefficient (Wildman–Crippen LogP) is 3.73. The van der Waals surface area contributed by atoms with Crippen LogP contribution in [0.3, 0.4) is 0 Å². The van der Waals surface area contributed by atoms with Gasteiger partial charge >= 0.3 is 6.36 Å². The van der Waals surface area contributed by atoms with Crippen molar-refractivity contribution in [2.75, 3.05) is 31.1 Å². The first-order valence-electron chi connectivity index (χ1n) is 8.56. The highest BCUT2D eigenvalue weighted by atomic mass is 19.4. The van der Waals surface area contributed by atoms with E-state index in [0.717, 1.165) is 37.9 Å². The molecule has 2 aromatic rings. The first-order chi connectivity index (χ1) is 11.9. The Bertz CT molecular complexity index is 781. The van der Waals surface area contributed by atoms with E-state index in [-0.39, 0.29) is 11.3 Å². The van der Waals surface area contributed by atoms with Crippen LogP contribution in [0.2, 0.25) is 0 Å². The lowest BCUT2D eigenvalue weighted by molar-refractivity contribution is -0.274. The van der Waals surface area contributed by atoms with E-state index >= 15 is 0 Å². The average molecular weight is 351 g/mol. The molecule has 0 spiro atoms. The summed E-state index contributed by atoms with van der Waals surface area (Å²) in [7, 11) is 0. The van der Waals surface area contributed by atoms with Crippen LogP contribution in [0.4, 0.5) is 18.9 Å². The summed E-state index contributed by atoms with van der Waals surface area (Å²) in [6.45, 7) is 5.53. The molecule has 2 fully saturated rings. The summed E-state index contributed by atoms with van der Waals surface area (Å²) in [5.74, 6) is -0.244. The van der Waals surface area contributed by atoms with Crippen LogP contribution in [-0.4, -0.2) is 48.5 Å². The third-order valence-electron chi connectivity index (χ3n) is 4.85. The minimum absolute atomic E-state index is 0.244. The fourth-order valence-electron chi connectivity index (χ4n) is 3.56. The molecule has 134 valence electrons. The Balaban J connectivity index is 1.68. The molecule has 0 N–H and O–H groups in total. The van der Waals surface area contributed by atoms with E-state index < -0.39 is 6.36 Å². The molecule has 25 heavy (non-hydrogen) atoms. The number of halogens is 3. The van der Waals surface area contributed by atoms with E-state index in [9.17, 15) is 13.2 Å². The number of nitrogens with zero attached hydrogens (tertiary/aromatic N) is 3. The largest absolute Gasteiger partial charge is 0.573 e. The van der Waals surface area contributed by atoms with Gasteiger partial charge in [0.25, 0.3) is 0 Å². The van der Waals surface area contributed by atoms with E-state index in [1.807, 2.05) is 12.1 Å². The minimum Gasteiger partial charge on any atom is -0.403 e. The molecule has 2 heterocycles. The Labute approximate surface area is 144 Å². The summed E-state index contributed by atoms with van der Waals surface area (Å²) in [6, 6.07) is 7.41. The maximum absolute atomic E-state index is 12.7. The summed E-state index contributed by atoms with van der Waals surface area (Å²) in [5.41, 5.74) is 1.88. The van der Waals surface area contributed by atoms with Crippen LogP contribution < -0.4 is 9.64 Å². The maximum Gasteiger partial charge on any atom is 0.573 e. The summed E-state index contributed by atoms with van der Waals surface area (Å²) < 4.78 is 42.2. The number of hydrogen-bond donors (Lipinski definition) is 0. The number of fused-ring (bicyclic) bond motifs is 1. The normalized spacial score (nSPS) is 19.4. The summed E-state index contributed by atoms with van der Waals surface area (Å²) in [5, 5.41) is 0.701. The van der Waals surface area contributed by atoms with Gasteiger partial charge in [-0.1, -0.05) is 12.1 Å².